The summed E-state index contributed by atoms with van der Waals surface area (Å²) in [6.07, 6.45) is 0.993. The van der Waals surface area contributed by atoms with Gasteiger partial charge in [-0.2, -0.15) is 0 Å². The lowest BCUT2D eigenvalue weighted by atomic mass is 10.3. The number of para-hydroxylation sites is 2. The van der Waals surface area contributed by atoms with Crippen molar-refractivity contribution in [2.45, 2.75) is 26.5 Å². The van der Waals surface area contributed by atoms with Crippen LogP contribution in [0.5, 0.6) is 11.5 Å². The van der Waals surface area contributed by atoms with Crippen LogP contribution in [0.25, 0.3) is 0 Å². The number of nitrogens with one attached hydrogen (secondary N) is 1. The molecule has 1 aromatic carbocycles. The molecule has 0 aliphatic heterocycles. The molecular weight excluding hydrogens is 270 g/mol. The third-order valence-electron chi connectivity index (χ3n) is 2.75. The van der Waals surface area contributed by atoms with Crippen LogP contribution in [0.3, 0.4) is 0 Å². The van der Waals surface area contributed by atoms with Crippen molar-refractivity contribution < 1.29 is 9.47 Å². The summed E-state index contributed by atoms with van der Waals surface area (Å²) in [4.78, 5) is 2.54. The monoisotopic (exact) mass is 291 g/mol. The maximum absolute atomic E-state index is 5.88. The van der Waals surface area contributed by atoms with E-state index in [4.69, 9.17) is 9.47 Å². The smallest absolute Gasteiger partial charge is 0.161 e. The Morgan fingerprint density at radius 1 is 1.00 bits per heavy atom. The fourth-order valence-electron chi connectivity index (χ4n) is 1.82. The number of hydrogen-bond acceptors (Lipinski definition) is 4. The highest BCUT2D eigenvalue weighted by Gasteiger charge is 2.05. The van der Waals surface area contributed by atoms with Crippen LogP contribution in [-0.4, -0.2) is 13.7 Å². The highest BCUT2D eigenvalue weighted by atomic mass is 32.1. The Bertz CT molecular complexity index is 525. The molecule has 108 valence electrons. The minimum atomic E-state index is 0.584. The second-order valence-corrected chi connectivity index (χ2v) is 5.74. The average molecular weight is 291 g/mol. The summed E-state index contributed by atoms with van der Waals surface area (Å²) in [7, 11) is 1.96. The Kier molecular flexibility index (Phi) is 5.89. The Morgan fingerprint density at radius 2 is 1.70 bits per heavy atom. The fourth-order valence-corrected chi connectivity index (χ4v) is 2.76. The van der Waals surface area contributed by atoms with Gasteiger partial charge in [-0.1, -0.05) is 19.1 Å². The number of ether oxygens (including phenoxy) is 2. The van der Waals surface area contributed by atoms with Crippen molar-refractivity contribution >= 4 is 11.3 Å². The molecular formula is C16H21NO2S. The lowest BCUT2D eigenvalue weighted by molar-refractivity contribution is 0.263. The highest BCUT2D eigenvalue weighted by molar-refractivity contribution is 7.11. The number of thiophene rings is 1. The zero-order valence-corrected chi connectivity index (χ0v) is 12.8. The van der Waals surface area contributed by atoms with Crippen molar-refractivity contribution in [1.29, 1.82) is 0 Å². The summed E-state index contributed by atoms with van der Waals surface area (Å²) in [5.74, 6) is 1.63. The molecule has 1 N–H and O–H groups in total. The average Bonchev–Trinajstić information content (AvgIpc) is 2.92. The van der Waals surface area contributed by atoms with Gasteiger partial charge in [-0.25, -0.2) is 0 Å². The third-order valence-corrected chi connectivity index (χ3v) is 3.81. The normalized spacial score (nSPS) is 10.5. The summed E-state index contributed by atoms with van der Waals surface area (Å²) < 4.78 is 11.6. The van der Waals surface area contributed by atoms with Gasteiger partial charge in [0.25, 0.3) is 0 Å². The topological polar surface area (TPSA) is 30.5 Å². The predicted molar refractivity (Wildman–Crippen MR) is 83.6 cm³/mol. The Balaban J connectivity index is 1.95. The van der Waals surface area contributed by atoms with E-state index in [2.05, 4.69) is 24.4 Å². The molecule has 2 rings (SSSR count). The van der Waals surface area contributed by atoms with Crippen molar-refractivity contribution in [1.82, 2.24) is 5.32 Å². The number of rotatable bonds is 8. The molecule has 20 heavy (non-hydrogen) atoms. The molecule has 1 aromatic heterocycles. The second-order valence-electron chi connectivity index (χ2n) is 4.48. The van der Waals surface area contributed by atoms with Crippen LogP contribution in [0.15, 0.2) is 36.4 Å². The molecule has 2 aromatic rings. The maximum atomic E-state index is 5.88. The van der Waals surface area contributed by atoms with Crippen molar-refractivity contribution in [3.63, 3.8) is 0 Å². The first-order chi connectivity index (χ1) is 9.83. The van der Waals surface area contributed by atoms with Crippen molar-refractivity contribution in [3.8, 4) is 11.5 Å². The van der Waals surface area contributed by atoms with Gasteiger partial charge in [-0.15, -0.1) is 11.3 Å². The number of hydrogen-bond donors (Lipinski definition) is 1. The Morgan fingerprint density at radius 3 is 2.40 bits per heavy atom. The standard InChI is InChI=1S/C16H21NO2S/c1-3-10-18-15-6-4-5-7-16(15)19-12-14-9-8-13(20-14)11-17-2/h4-9,17H,3,10-12H2,1-2H3. The fraction of sp³-hybridized carbons (Fsp3) is 0.375. The van der Waals surface area contributed by atoms with Gasteiger partial charge in [0.05, 0.1) is 6.61 Å². The summed E-state index contributed by atoms with van der Waals surface area (Å²) in [6.45, 7) is 4.30. The molecule has 0 amide bonds. The highest BCUT2D eigenvalue weighted by Crippen LogP contribution is 2.28. The van der Waals surface area contributed by atoms with Gasteiger partial charge in [-0.3, -0.25) is 0 Å². The molecule has 0 radical (unpaired) electrons. The van der Waals surface area contributed by atoms with Gasteiger partial charge in [0, 0.05) is 16.3 Å². The van der Waals surface area contributed by atoms with Crippen LogP contribution in [0, 0.1) is 0 Å². The van der Waals surface area contributed by atoms with Crippen LogP contribution in [-0.2, 0) is 13.2 Å². The van der Waals surface area contributed by atoms with Crippen LogP contribution < -0.4 is 14.8 Å². The van der Waals surface area contributed by atoms with Crippen LogP contribution in [0.2, 0.25) is 0 Å². The quantitative estimate of drug-likeness (QED) is 0.801. The third kappa shape index (κ3) is 4.25. The van der Waals surface area contributed by atoms with Gasteiger partial charge < -0.3 is 14.8 Å². The van der Waals surface area contributed by atoms with E-state index in [0.717, 1.165) is 24.5 Å². The summed E-state index contributed by atoms with van der Waals surface area (Å²) >= 11 is 1.77. The molecule has 3 nitrogen and oxygen atoms in total. The first-order valence-electron chi connectivity index (χ1n) is 6.90. The molecule has 1 heterocycles. The van der Waals surface area contributed by atoms with E-state index in [1.807, 2.05) is 31.3 Å². The van der Waals surface area contributed by atoms with E-state index in [-0.39, 0.29) is 0 Å². The SMILES string of the molecule is CCCOc1ccccc1OCc1ccc(CNC)s1. The van der Waals surface area contributed by atoms with Gasteiger partial charge in [-0.05, 0) is 37.7 Å². The van der Waals surface area contributed by atoms with Crippen LogP contribution >= 0.6 is 11.3 Å². The zero-order chi connectivity index (χ0) is 14.2. The molecule has 0 spiro atoms. The minimum Gasteiger partial charge on any atom is -0.490 e. The molecule has 0 atom stereocenters. The number of benzene rings is 1. The molecule has 0 aliphatic rings. The van der Waals surface area contributed by atoms with E-state index in [9.17, 15) is 0 Å². The van der Waals surface area contributed by atoms with Gasteiger partial charge >= 0.3 is 0 Å². The Hall–Kier alpha value is -1.52. The molecule has 0 unspecified atom stereocenters. The van der Waals surface area contributed by atoms with Crippen molar-refractivity contribution in [2.75, 3.05) is 13.7 Å². The molecule has 0 bridgehead atoms. The van der Waals surface area contributed by atoms with Gasteiger partial charge in [0.1, 0.15) is 6.61 Å². The van der Waals surface area contributed by atoms with E-state index in [1.54, 1.807) is 11.3 Å². The first-order valence-corrected chi connectivity index (χ1v) is 7.72. The van der Waals surface area contributed by atoms with Crippen molar-refractivity contribution in [3.05, 3.63) is 46.2 Å². The van der Waals surface area contributed by atoms with E-state index in [0.29, 0.717) is 13.2 Å². The Labute approximate surface area is 124 Å². The van der Waals surface area contributed by atoms with Gasteiger partial charge in [0.15, 0.2) is 11.5 Å². The second kappa shape index (κ2) is 7.92. The lowest BCUT2D eigenvalue weighted by Gasteiger charge is -2.11. The summed E-state index contributed by atoms with van der Waals surface area (Å²) in [5.41, 5.74) is 0. The van der Waals surface area contributed by atoms with E-state index >= 15 is 0 Å². The minimum absolute atomic E-state index is 0.584. The molecule has 0 saturated heterocycles. The van der Waals surface area contributed by atoms with E-state index in [1.165, 1.54) is 9.75 Å². The van der Waals surface area contributed by atoms with Gasteiger partial charge in [0.2, 0.25) is 0 Å². The molecule has 0 aliphatic carbocycles. The largest absolute Gasteiger partial charge is 0.490 e. The molecule has 0 fully saturated rings. The zero-order valence-electron chi connectivity index (χ0n) is 12.0. The first kappa shape index (κ1) is 14.9. The molecule has 0 saturated carbocycles. The van der Waals surface area contributed by atoms with Crippen LogP contribution in [0.1, 0.15) is 23.1 Å². The summed E-state index contributed by atoms with van der Waals surface area (Å²) in [6, 6.07) is 12.1. The summed E-state index contributed by atoms with van der Waals surface area (Å²) in [5, 5.41) is 3.15. The van der Waals surface area contributed by atoms with Crippen molar-refractivity contribution in [2.24, 2.45) is 0 Å². The van der Waals surface area contributed by atoms with Crippen LogP contribution in [0.4, 0.5) is 0 Å². The molecule has 4 heteroatoms. The predicted octanol–water partition coefficient (Wildman–Crippen LogP) is 3.84. The lowest BCUT2D eigenvalue weighted by Crippen LogP contribution is -2.02. The maximum Gasteiger partial charge on any atom is 0.161 e. The van der Waals surface area contributed by atoms with E-state index < -0.39 is 0 Å².